The van der Waals surface area contributed by atoms with E-state index in [4.69, 9.17) is 10.1 Å². The van der Waals surface area contributed by atoms with Gasteiger partial charge in [-0.05, 0) is 85.4 Å². The third-order valence-corrected chi connectivity index (χ3v) is 6.99. The minimum Gasteiger partial charge on any atom is -0.508 e. The molecule has 1 fully saturated rings. The number of aromatic hydroxyl groups is 1. The quantitative estimate of drug-likeness (QED) is 0.268. The van der Waals surface area contributed by atoms with E-state index >= 15 is 0 Å². The van der Waals surface area contributed by atoms with Crippen LogP contribution in [-0.2, 0) is 4.79 Å². The van der Waals surface area contributed by atoms with Gasteiger partial charge in [0.05, 0.1) is 16.4 Å². The summed E-state index contributed by atoms with van der Waals surface area (Å²) in [5.74, 6) is 1.82. The van der Waals surface area contributed by atoms with Crippen molar-refractivity contribution in [1.29, 1.82) is 0 Å². The van der Waals surface area contributed by atoms with E-state index in [1.807, 2.05) is 17.6 Å². The maximum absolute atomic E-state index is 10.0. The summed E-state index contributed by atoms with van der Waals surface area (Å²) in [4.78, 5) is 17.3. The zero-order valence-electron chi connectivity index (χ0n) is 21.4. The third-order valence-electron chi connectivity index (χ3n) is 6.43. The van der Waals surface area contributed by atoms with E-state index in [1.54, 1.807) is 12.1 Å². The minimum absolute atomic E-state index is 0.161. The summed E-state index contributed by atoms with van der Waals surface area (Å²) in [6, 6.07) is 15.4. The molecule has 0 bridgehead atoms. The van der Waals surface area contributed by atoms with Crippen molar-refractivity contribution in [3.63, 3.8) is 0 Å². The number of carbonyl (C=O) groups excluding carboxylic acids is 1. The first-order valence-corrected chi connectivity index (χ1v) is 13.2. The van der Waals surface area contributed by atoms with Crippen molar-refractivity contribution in [2.75, 3.05) is 37.3 Å². The maximum Gasteiger partial charge on any atom is 0.211 e. The van der Waals surface area contributed by atoms with Gasteiger partial charge in [0.15, 0.2) is 5.65 Å². The van der Waals surface area contributed by atoms with Crippen molar-refractivity contribution in [1.82, 2.24) is 19.5 Å². The normalized spacial score (nSPS) is 15.6. The molecule has 0 aliphatic carbocycles. The number of piperidine rings is 1. The van der Waals surface area contributed by atoms with E-state index in [9.17, 15) is 4.79 Å². The van der Waals surface area contributed by atoms with Crippen molar-refractivity contribution in [2.45, 2.75) is 26.7 Å². The zero-order valence-corrected chi connectivity index (χ0v) is 23.0. The third kappa shape index (κ3) is 6.87. The Morgan fingerprint density at radius 3 is 2.73 bits per heavy atom. The van der Waals surface area contributed by atoms with Crippen LogP contribution in [0.2, 0.25) is 0 Å². The van der Waals surface area contributed by atoms with Gasteiger partial charge in [0, 0.05) is 36.5 Å². The molecule has 3 heterocycles. The molecule has 9 heteroatoms. The van der Waals surface area contributed by atoms with E-state index in [1.165, 1.54) is 31.0 Å². The average Bonchev–Trinajstić information content (AvgIpc) is 3.24. The average molecular weight is 566 g/mol. The van der Waals surface area contributed by atoms with Crippen LogP contribution in [0.5, 0.6) is 5.75 Å². The molecule has 3 N–H and O–H groups in total. The topological polar surface area (TPSA) is 94.8 Å². The zero-order chi connectivity index (χ0) is 26.4. The van der Waals surface area contributed by atoms with Crippen LogP contribution in [0.4, 0.5) is 11.5 Å². The number of amides is 1. The number of halogens is 1. The Hall–Kier alpha value is -3.43. The lowest BCUT2D eigenvalue weighted by molar-refractivity contribution is -0.105. The first kappa shape index (κ1) is 26.6. The Kier molecular flexibility index (Phi) is 8.78. The molecule has 0 radical (unpaired) electrons. The Bertz CT molecular complexity index is 1350. The smallest absolute Gasteiger partial charge is 0.211 e. The maximum atomic E-state index is 10.0. The fourth-order valence-corrected chi connectivity index (χ4v) is 5.01. The molecular formula is C28H33BrN6O2. The number of aromatic nitrogens is 3. The number of hydrogen-bond acceptors (Lipinski definition) is 6. The second-order valence-corrected chi connectivity index (χ2v) is 10.4. The van der Waals surface area contributed by atoms with Crippen LogP contribution in [0, 0.1) is 19.8 Å². The van der Waals surface area contributed by atoms with Gasteiger partial charge >= 0.3 is 0 Å². The molecule has 0 saturated carbocycles. The van der Waals surface area contributed by atoms with Gasteiger partial charge in [0.1, 0.15) is 11.6 Å². The van der Waals surface area contributed by atoms with Crippen molar-refractivity contribution < 1.29 is 9.90 Å². The number of rotatable bonds is 6. The highest BCUT2D eigenvalue weighted by Crippen LogP contribution is 2.28. The van der Waals surface area contributed by atoms with Crippen LogP contribution in [0.1, 0.15) is 24.0 Å². The van der Waals surface area contributed by atoms with Crippen LogP contribution >= 0.6 is 15.9 Å². The summed E-state index contributed by atoms with van der Waals surface area (Å²) in [7, 11) is 2.21. The van der Waals surface area contributed by atoms with Crippen LogP contribution in [0.25, 0.3) is 16.9 Å². The number of carbonyl (C=O) groups is 1. The summed E-state index contributed by atoms with van der Waals surface area (Å²) < 4.78 is 2.80. The lowest BCUT2D eigenvalue weighted by Crippen LogP contribution is -2.35. The second kappa shape index (κ2) is 12.2. The van der Waals surface area contributed by atoms with Crippen molar-refractivity contribution in [2.24, 2.45) is 5.92 Å². The molecule has 0 spiro atoms. The molecule has 1 amide bonds. The fourth-order valence-electron chi connectivity index (χ4n) is 4.66. The number of aryl methyl sites for hydroxylation is 2. The highest BCUT2D eigenvalue weighted by molar-refractivity contribution is 9.10. The predicted octanol–water partition coefficient (Wildman–Crippen LogP) is 5.49. The van der Waals surface area contributed by atoms with Crippen molar-refractivity contribution in [3.05, 3.63) is 70.3 Å². The number of fused-ring (bicyclic) bond motifs is 1. The summed E-state index contributed by atoms with van der Waals surface area (Å²) >= 11 is 3.58. The Labute approximate surface area is 225 Å². The van der Waals surface area contributed by atoms with Gasteiger partial charge in [-0.3, -0.25) is 4.79 Å². The van der Waals surface area contributed by atoms with Gasteiger partial charge in [0.25, 0.3) is 0 Å². The number of nitrogens with zero attached hydrogens (tertiary/aromatic N) is 4. The molecule has 37 heavy (non-hydrogen) atoms. The molecule has 2 aromatic carbocycles. The van der Waals surface area contributed by atoms with Crippen LogP contribution in [0.15, 0.2) is 59.2 Å². The molecule has 8 nitrogen and oxygen atoms in total. The molecule has 1 aliphatic rings. The summed E-state index contributed by atoms with van der Waals surface area (Å²) in [6.45, 7) is 7.27. The van der Waals surface area contributed by atoms with E-state index < -0.39 is 0 Å². The molecule has 194 valence electrons. The fraction of sp³-hybridized carbons (Fsp3) is 0.321. The van der Waals surface area contributed by atoms with Crippen molar-refractivity contribution in [3.8, 4) is 17.0 Å². The number of nitrogens with one attached hydrogen (secondary N) is 2. The number of likely N-dealkylation sites (tertiary alicyclic amines) is 1. The highest BCUT2D eigenvalue weighted by atomic mass is 79.9. The predicted molar refractivity (Wildman–Crippen MR) is 152 cm³/mol. The number of phenolic OH excluding ortho intramolecular Hbond substituents is 1. The van der Waals surface area contributed by atoms with E-state index in [-0.39, 0.29) is 5.75 Å². The van der Waals surface area contributed by atoms with Gasteiger partial charge in [0.2, 0.25) is 6.41 Å². The lowest BCUT2D eigenvalue weighted by Gasteiger charge is -2.30. The summed E-state index contributed by atoms with van der Waals surface area (Å²) in [5, 5.41) is 19.6. The summed E-state index contributed by atoms with van der Waals surface area (Å²) in [6.07, 6.45) is 4.94. The Morgan fingerprint density at radius 1 is 1.19 bits per heavy atom. The highest BCUT2D eigenvalue weighted by Gasteiger charge is 2.18. The van der Waals surface area contributed by atoms with Crippen molar-refractivity contribution >= 4 is 39.5 Å². The number of phenols is 1. The molecule has 1 aliphatic heterocycles. The Balaban J connectivity index is 0.000000245. The number of anilines is 2. The first-order chi connectivity index (χ1) is 17.8. The molecule has 1 atom stereocenters. The molecule has 5 rings (SSSR count). The monoisotopic (exact) mass is 564 g/mol. The van der Waals surface area contributed by atoms with Crippen LogP contribution in [0.3, 0.4) is 0 Å². The summed E-state index contributed by atoms with van der Waals surface area (Å²) in [5.41, 5.74) is 5.71. The van der Waals surface area contributed by atoms with Gasteiger partial charge in [-0.1, -0.05) is 24.3 Å². The van der Waals surface area contributed by atoms with Crippen LogP contribution in [-0.4, -0.2) is 57.7 Å². The van der Waals surface area contributed by atoms with Gasteiger partial charge in [-0.25, -0.2) is 4.98 Å². The number of hydrogen-bond donors (Lipinski definition) is 3. The largest absolute Gasteiger partial charge is 0.508 e. The Morgan fingerprint density at radius 2 is 2.00 bits per heavy atom. The molecule has 2 aromatic heterocycles. The van der Waals surface area contributed by atoms with Crippen LogP contribution < -0.4 is 10.6 Å². The minimum atomic E-state index is 0.161. The lowest BCUT2D eigenvalue weighted by atomic mass is 9.98. The van der Waals surface area contributed by atoms with Gasteiger partial charge in [-0.15, -0.1) is 0 Å². The van der Waals surface area contributed by atoms with E-state index in [2.05, 4.69) is 80.9 Å². The molecular weight excluding hydrogens is 532 g/mol. The molecule has 1 unspecified atom stereocenters. The van der Waals surface area contributed by atoms with Gasteiger partial charge in [-0.2, -0.15) is 9.61 Å². The first-order valence-electron chi connectivity index (χ1n) is 12.4. The number of benzene rings is 2. The molecule has 1 saturated heterocycles. The van der Waals surface area contributed by atoms with E-state index in [0.717, 1.165) is 45.8 Å². The van der Waals surface area contributed by atoms with E-state index in [0.29, 0.717) is 18.0 Å². The van der Waals surface area contributed by atoms with Gasteiger partial charge < -0.3 is 20.6 Å². The SMILES string of the molecule is Cc1cc(O)cc(NC=O)c1.Cc1ccccc1-c1cc(NCC2CCCN(C)C2)n2ncc(Br)c2n1. The molecule has 4 aromatic rings. The standard InChI is InChI=1S/C20H24BrN5.C8H9NO2/c1-14-6-3-4-8-16(14)18-10-19(26-20(24-18)17(21)12-23-26)22-11-15-7-5-9-25(2)13-15;1-6-2-7(9-5-10)4-8(11)3-6/h3-4,6,8,10,12,15,22H,5,7,9,11,13H2,1-2H3;2-5,11H,1H3,(H,9,10). The second-order valence-electron chi connectivity index (χ2n) is 9.54.